The van der Waals surface area contributed by atoms with Crippen LogP contribution in [0.25, 0.3) is 0 Å². The zero-order chi connectivity index (χ0) is 7.56. The first-order valence-corrected chi connectivity index (χ1v) is 2.90. The van der Waals surface area contributed by atoms with Crippen molar-refractivity contribution in [1.82, 2.24) is 0 Å². The van der Waals surface area contributed by atoms with Crippen LogP contribution >= 0.6 is 0 Å². The Morgan fingerprint density at radius 1 is 1.70 bits per heavy atom. The van der Waals surface area contributed by atoms with Gasteiger partial charge in [0.1, 0.15) is 0 Å². The Bertz CT molecular complexity index is 257. The van der Waals surface area contributed by atoms with Crippen LogP contribution in [0.4, 0.5) is 0 Å². The van der Waals surface area contributed by atoms with Gasteiger partial charge in [-0.15, -0.1) is 0 Å². The van der Waals surface area contributed by atoms with Gasteiger partial charge in [-0.2, -0.15) is 5.26 Å². The van der Waals surface area contributed by atoms with Gasteiger partial charge in [0.25, 0.3) is 0 Å². The Morgan fingerprint density at radius 2 is 2.40 bits per heavy atom. The monoisotopic (exact) mass is 134 g/mol. The van der Waals surface area contributed by atoms with Crippen LogP contribution in [-0.4, -0.2) is 17.5 Å². The summed E-state index contributed by atoms with van der Waals surface area (Å²) in [6.07, 6.45) is 2.99. The van der Waals surface area contributed by atoms with E-state index in [1.807, 2.05) is 0 Å². The van der Waals surface area contributed by atoms with Gasteiger partial charge in [0.2, 0.25) is 0 Å². The number of hydrogen-bond acceptors (Lipinski definition) is 3. The predicted molar refractivity (Wildman–Crippen MR) is 36.7 cm³/mol. The van der Waals surface area contributed by atoms with E-state index in [4.69, 9.17) is 5.26 Å². The minimum atomic E-state index is -0.801. The molecule has 1 atom stereocenters. The molecular formula is C7H6N2O. The van der Waals surface area contributed by atoms with Crippen LogP contribution in [0.2, 0.25) is 0 Å². The molecule has 3 nitrogen and oxygen atoms in total. The molecule has 0 aromatic heterocycles. The number of rotatable bonds is 0. The molecule has 0 fully saturated rings. The van der Waals surface area contributed by atoms with Crippen molar-refractivity contribution in [2.75, 3.05) is 0 Å². The molecule has 0 aromatic rings. The van der Waals surface area contributed by atoms with Crippen molar-refractivity contribution in [3.05, 3.63) is 12.2 Å². The van der Waals surface area contributed by atoms with Crippen molar-refractivity contribution in [3.63, 3.8) is 0 Å². The summed E-state index contributed by atoms with van der Waals surface area (Å²) in [6.45, 7) is 1.76. The smallest absolute Gasteiger partial charge is 0.198 e. The Balaban J connectivity index is 2.90. The molecule has 1 unspecified atom stereocenters. The van der Waals surface area contributed by atoms with E-state index in [0.717, 1.165) is 5.71 Å². The molecule has 1 aliphatic rings. The lowest BCUT2D eigenvalue weighted by Gasteiger charge is -2.03. The van der Waals surface area contributed by atoms with Gasteiger partial charge >= 0.3 is 0 Å². The highest BCUT2D eigenvalue weighted by Gasteiger charge is 2.15. The van der Waals surface area contributed by atoms with Crippen molar-refractivity contribution in [1.29, 1.82) is 5.26 Å². The highest BCUT2D eigenvalue weighted by atomic mass is 16.1. The number of aliphatic imine (C=N–C) groups is 1. The molecule has 0 aromatic carbocycles. The third-order valence-electron chi connectivity index (χ3n) is 1.21. The lowest BCUT2D eigenvalue weighted by atomic mass is 10.1. The maximum Gasteiger partial charge on any atom is 0.198 e. The second kappa shape index (κ2) is 2.44. The lowest BCUT2D eigenvalue weighted by molar-refractivity contribution is -0.114. The third-order valence-corrected chi connectivity index (χ3v) is 1.21. The molecule has 50 valence electrons. The molecule has 3 heteroatoms. The molecule has 1 aliphatic heterocycles. The molecule has 0 amide bonds. The summed E-state index contributed by atoms with van der Waals surface area (Å²) in [7, 11) is 0. The van der Waals surface area contributed by atoms with Crippen molar-refractivity contribution in [3.8, 4) is 6.07 Å². The normalized spacial score (nSPS) is 23.8. The van der Waals surface area contributed by atoms with Crippen molar-refractivity contribution >= 4 is 11.5 Å². The second-order valence-corrected chi connectivity index (χ2v) is 2.04. The largest absolute Gasteiger partial charge is 0.291 e. The van der Waals surface area contributed by atoms with Crippen LogP contribution in [0.5, 0.6) is 0 Å². The van der Waals surface area contributed by atoms with Crippen LogP contribution in [0.15, 0.2) is 17.1 Å². The molecule has 0 aliphatic carbocycles. The van der Waals surface area contributed by atoms with Crippen LogP contribution in [0.3, 0.4) is 0 Å². The lowest BCUT2D eigenvalue weighted by Crippen LogP contribution is -2.18. The average molecular weight is 134 g/mol. The van der Waals surface area contributed by atoms with Gasteiger partial charge in [0.15, 0.2) is 11.8 Å². The van der Waals surface area contributed by atoms with Crippen LogP contribution in [0, 0.1) is 11.3 Å². The number of ketones is 1. The molecule has 10 heavy (non-hydrogen) atoms. The quantitative estimate of drug-likeness (QED) is 0.483. The summed E-state index contributed by atoms with van der Waals surface area (Å²) in [5, 5.41) is 8.37. The first-order valence-electron chi connectivity index (χ1n) is 2.90. The second-order valence-electron chi connectivity index (χ2n) is 2.04. The molecule has 0 bridgehead atoms. The number of carbonyl (C=O) groups is 1. The van der Waals surface area contributed by atoms with E-state index in [1.54, 1.807) is 19.1 Å². The molecule has 0 saturated carbocycles. The maximum absolute atomic E-state index is 10.8. The van der Waals surface area contributed by atoms with Crippen molar-refractivity contribution < 1.29 is 4.79 Å². The number of nitrogens with zero attached hydrogens (tertiary/aromatic N) is 2. The Labute approximate surface area is 58.7 Å². The molecule has 1 rings (SSSR count). The standard InChI is InChI=1S/C7H6N2O/c1-5-2-3-7(10)6(4-8)9-5/h2-3,6H,1H3. The number of dihydropyridines is 1. The van der Waals surface area contributed by atoms with E-state index in [-0.39, 0.29) is 5.78 Å². The van der Waals surface area contributed by atoms with E-state index in [0.29, 0.717) is 0 Å². The number of allylic oxidation sites excluding steroid dienone is 1. The highest BCUT2D eigenvalue weighted by molar-refractivity contribution is 6.08. The van der Waals surface area contributed by atoms with Crippen LogP contribution in [0.1, 0.15) is 6.92 Å². The summed E-state index contributed by atoms with van der Waals surface area (Å²) in [5.74, 6) is -0.229. The van der Waals surface area contributed by atoms with E-state index in [1.165, 1.54) is 6.08 Å². The SMILES string of the molecule is CC1=NC(C#N)C(=O)C=C1. The Kier molecular flexibility index (Phi) is 1.63. The molecular weight excluding hydrogens is 128 g/mol. The zero-order valence-electron chi connectivity index (χ0n) is 5.53. The van der Waals surface area contributed by atoms with Crippen LogP contribution < -0.4 is 0 Å². The predicted octanol–water partition coefficient (Wildman–Crippen LogP) is 0.478. The number of hydrogen-bond donors (Lipinski definition) is 0. The molecule has 0 radical (unpaired) electrons. The minimum absolute atomic E-state index is 0.229. The van der Waals surface area contributed by atoms with E-state index < -0.39 is 6.04 Å². The van der Waals surface area contributed by atoms with Crippen LogP contribution in [-0.2, 0) is 4.79 Å². The van der Waals surface area contributed by atoms with E-state index in [9.17, 15) is 4.79 Å². The number of nitriles is 1. The van der Waals surface area contributed by atoms with Crippen molar-refractivity contribution in [2.45, 2.75) is 13.0 Å². The van der Waals surface area contributed by atoms with Gasteiger partial charge in [0.05, 0.1) is 6.07 Å². The summed E-state index contributed by atoms with van der Waals surface area (Å²) in [6, 6.07) is 0.995. The Hall–Kier alpha value is -1.43. The maximum atomic E-state index is 10.8. The molecule has 0 spiro atoms. The summed E-state index contributed by atoms with van der Waals surface area (Å²) < 4.78 is 0. The zero-order valence-corrected chi connectivity index (χ0v) is 5.53. The first-order chi connectivity index (χ1) is 4.74. The summed E-state index contributed by atoms with van der Waals surface area (Å²) >= 11 is 0. The van der Waals surface area contributed by atoms with Gasteiger partial charge < -0.3 is 0 Å². The fraction of sp³-hybridized carbons (Fsp3) is 0.286. The van der Waals surface area contributed by atoms with Gasteiger partial charge in [-0.1, -0.05) is 0 Å². The third kappa shape index (κ3) is 1.11. The molecule has 0 N–H and O–H groups in total. The minimum Gasteiger partial charge on any atom is -0.291 e. The summed E-state index contributed by atoms with van der Waals surface area (Å²) in [5.41, 5.74) is 0.728. The first kappa shape index (κ1) is 6.69. The fourth-order valence-electron chi connectivity index (χ4n) is 0.697. The van der Waals surface area contributed by atoms with Gasteiger partial charge in [-0.3, -0.25) is 9.79 Å². The summed E-state index contributed by atoms with van der Waals surface area (Å²) in [4.78, 5) is 14.6. The Morgan fingerprint density at radius 3 is 2.90 bits per heavy atom. The van der Waals surface area contributed by atoms with Crippen molar-refractivity contribution in [2.24, 2.45) is 4.99 Å². The van der Waals surface area contributed by atoms with Gasteiger partial charge in [-0.05, 0) is 19.1 Å². The van der Waals surface area contributed by atoms with E-state index >= 15 is 0 Å². The van der Waals surface area contributed by atoms with E-state index in [2.05, 4.69) is 4.99 Å². The fourth-order valence-corrected chi connectivity index (χ4v) is 0.697. The molecule has 0 saturated heterocycles. The average Bonchev–Trinajstić information content (AvgIpc) is 1.94. The van der Waals surface area contributed by atoms with Gasteiger partial charge in [-0.25, -0.2) is 0 Å². The topological polar surface area (TPSA) is 53.2 Å². The van der Waals surface area contributed by atoms with Gasteiger partial charge in [0, 0.05) is 5.71 Å². The highest BCUT2D eigenvalue weighted by Crippen LogP contribution is 2.01. The number of carbonyl (C=O) groups excluding carboxylic acids is 1. The molecule has 1 heterocycles.